The van der Waals surface area contributed by atoms with E-state index >= 15 is 0 Å². The van der Waals surface area contributed by atoms with Crippen LogP contribution in [0.15, 0.2) is 24.3 Å². The van der Waals surface area contributed by atoms with Gasteiger partial charge in [0.05, 0.1) is 0 Å². The van der Waals surface area contributed by atoms with Gasteiger partial charge in [-0.05, 0) is 24.0 Å². The van der Waals surface area contributed by atoms with Crippen molar-refractivity contribution in [1.82, 2.24) is 0 Å². The molecule has 0 spiro atoms. The zero-order chi connectivity index (χ0) is 15.1. The molecule has 0 aromatic heterocycles. The molecule has 1 aliphatic rings. The lowest BCUT2D eigenvalue weighted by Crippen LogP contribution is -2.22. The van der Waals surface area contributed by atoms with Crippen LogP contribution in [0.5, 0.6) is 0 Å². The van der Waals surface area contributed by atoms with Crippen molar-refractivity contribution >= 4 is 5.69 Å². The lowest BCUT2D eigenvalue weighted by atomic mass is 10.1. The van der Waals surface area contributed by atoms with E-state index in [-0.39, 0.29) is 0 Å². The van der Waals surface area contributed by atoms with Crippen LogP contribution < -0.4 is 5.32 Å². The summed E-state index contributed by atoms with van der Waals surface area (Å²) in [4.78, 5) is 0. The van der Waals surface area contributed by atoms with E-state index in [1.54, 1.807) is 0 Å². The van der Waals surface area contributed by atoms with Gasteiger partial charge in [0, 0.05) is 6.04 Å². The molecule has 6 heteroatoms. The van der Waals surface area contributed by atoms with Crippen LogP contribution in [-0.2, 0) is 12.8 Å². The van der Waals surface area contributed by atoms with Gasteiger partial charge in [-0.25, -0.2) is 22.0 Å². The van der Waals surface area contributed by atoms with Gasteiger partial charge in [0.15, 0.2) is 23.3 Å². The Balaban J connectivity index is 1.91. The SMILES string of the molecule is Fc1c(F)c(F)c(NC2Cc3ccccc3C2)c(F)c1F. The smallest absolute Gasteiger partial charge is 0.200 e. The van der Waals surface area contributed by atoms with Crippen molar-refractivity contribution in [2.75, 3.05) is 5.32 Å². The first-order valence-corrected chi connectivity index (χ1v) is 6.33. The average Bonchev–Trinajstić information content (AvgIpc) is 2.90. The number of benzene rings is 2. The van der Waals surface area contributed by atoms with Crippen molar-refractivity contribution in [3.63, 3.8) is 0 Å². The van der Waals surface area contributed by atoms with Crippen LogP contribution >= 0.6 is 0 Å². The molecular formula is C15H10F5N. The van der Waals surface area contributed by atoms with Crippen LogP contribution in [0.25, 0.3) is 0 Å². The van der Waals surface area contributed by atoms with Crippen LogP contribution in [0.1, 0.15) is 11.1 Å². The van der Waals surface area contributed by atoms with Crippen molar-refractivity contribution in [2.24, 2.45) is 0 Å². The highest BCUT2D eigenvalue weighted by atomic mass is 19.2. The zero-order valence-electron chi connectivity index (χ0n) is 10.7. The van der Waals surface area contributed by atoms with E-state index < -0.39 is 40.8 Å². The molecule has 1 aliphatic carbocycles. The van der Waals surface area contributed by atoms with Crippen molar-refractivity contribution in [3.05, 3.63) is 64.5 Å². The maximum atomic E-state index is 13.6. The Kier molecular flexibility index (Phi) is 3.31. The second kappa shape index (κ2) is 5.02. The summed E-state index contributed by atoms with van der Waals surface area (Å²) in [7, 11) is 0. The first-order valence-electron chi connectivity index (χ1n) is 6.33. The minimum absolute atomic E-state index is 0.407. The van der Waals surface area contributed by atoms with Crippen molar-refractivity contribution in [3.8, 4) is 0 Å². The molecule has 0 atom stereocenters. The summed E-state index contributed by atoms with van der Waals surface area (Å²) >= 11 is 0. The first-order chi connectivity index (χ1) is 9.99. The first kappa shape index (κ1) is 13.9. The number of hydrogen-bond donors (Lipinski definition) is 1. The fourth-order valence-electron chi connectivity index (χ4n) is 2.60. The van der Waals surface area contributed by atoms with Crippen molar-refractivity contribution in [2.45, 2.75) is 18.9 Å². The monoisotopic (exact) mass is 299 g/mol. The van der Waals surface area contributed by atoms with E-state index in [1.165, 1.54) is 0 Å². The molecule has 0 heterocycles. The van der Waals surface area contributed by atoms with Crippen LogP contribution in [0, 0.1) is 29.1 Å². The zero-order valence-corrected chi connectivity index (χ0v) is 10.7. The average molecular weight is 299 g/mol. The maximum Gasteiger partial charge on any atom is 0.200 e. The molecule has 0 unspecified atom stereocenters. The van der Waals surface area contributed by atoms with E-state index in [0.717, 1.165) is 11.1 Å². The van der Waals surface area contributed by atoms with Gasteiger partial charge in [-0.1, -0.05) is 24.3 Å². The summed E-state index contributed by atoms with van der Waals surface area (Å²) in [5.41, 5.74) is 1.03. The topological polar surface area (TPSA) is 12.0 Å². The van der Waals surface area contributed by atoms with Crippen LogP contribution in [-0.4, -0.2) is 6.04 Å². The number of hydrogen-bond acceptors (Lipinski definition) is 1. The van der Waals surface area contributed by atoms with Gasteiger partial charge in [0.1, 0.15) is 5.69 Å². The van der Waals surface area contributed by atoms with E-state index in [4.69, 9.17) is 0 Å². The second-order valence-corrected chi connectivity index (χ2v) is 4.96. The molecule has 21 heavy (non-hydrogen) atoms. The number of anilines is 1. The Morgan fingerprint density at radius 3 is 1.62 bits per heavy atom. The number of fused-ring (bicyclic) bond motifs is 1. The quantitative estimate of drug-likeness (QED) is 0.503. The third-order valence-corrected chi connectivity index (χ3v) is 3.61. The third kappa shape index (κ3) is 2.24. The number of nitrogens with one attached hydrogen (secondary N) is 1. The van der Waals surface area contributed by atoms with Gasteiger partial charge < -0.3 is 5.32 Å². The Bertz CT molecular complexity index is 659. The van der Waals surface area contributed by atoms with Gasteiger partial charge in [-0.2, -0.15) is 0 Å². The largest absolute Gasteiger partial charge is 0.377 e. The lowest BCUT2D eigenvalue weighted by Gasteiger charge is -2.16. The second-order valence-electron chi connectivity index (χ2n) is 4.96. The van der Waals surface area contributed by atoms with Crippen LogP contribution in [0.3, 0.4) is 0 Å². The molecule has 110 valence electrons. The minimum atomic E-state index is -2.15. The molecule has 0 saturated heterocycles. The van der Waals surface area contributed by atoms with Crippen molar-refractivity contribution < 1.29 is 22.0 Å². The molecule has 0 radical (unpaired) electrons. The Morgan fingerprint density at radius 2 is 1.14 bits per heavy atom. The highest BCUT2D eigenvalue weighted by molar-refractivity contribution is 5.50. The molecule has 0 amide bonds. The van der Waals surface area contributed by atoms with E-state index in [0.29, 0.717) is 12.8 Å². The highest BCUT2D eigenvalue weighted by Gasteiger charge is 2.29. The van der Waals surface area contributed by atoms with Gasteiger partial charge in [0.2, 0.25) is 5.82 Å². The fraction of sp³-hybridized carbons (Fsp3) is 0.200. The molecule has 2 aromatic carbocycles. The normalized spacial score (nSPS) is 14.3. The fourth-order valence-corrected chi connectivity index (χ4v) is 2.60. The summed E-state index contributed by atoms with van der Waals surface area (Å²) < 4.78 is 66.5. The summed E-state index contributed by atoms with van der Waals surface area (Å²) in [5, 5.41) is 2.44. The lowest BCUT2D eigenvalue weighted by molar-refractivity contribution is 0.380. The summed E-state index contributed by atoms with van der Waals surface area (Å²) in [6.45, 7) is 0. The third-order valence-electron chi connectivity index (χ3n) is 3.61. The van der Waals surface area contributed by atoms with Gasteiger partial charge >= 0.3 is 0 Å². The van der Waals surface area contributed by atoms with Crippen LogP contribution in [0.2, 0.25) is 0 Å². The predicted octanol–water partition coefficient (Wildman–Crippen LogP) is 3.96. The molecular weight excluding hydrogens is 289 g/mol. The number of halogens is 5. The number of rotatable bonds is 2. The highest BCUT2D eigenvalue weighted by Crippen LogP contribution is 2.30. The summed E-state index contributed by atoms with van der Waals surface area (Å²) in [5.74, 6) is -9.69. The van der Waals surface area contributed by atoms with E-state index in [9.17, 15) is 22.0 Å². The molecule has 0 fully saturated rings. The molecule has 0 aliphatic heterocycles. The standard InChI is InChI=1S/C15H10F5N/c16-10-11(17)13(19)15(14(20)12(10)18)21-9-5-7-3-1-2-4-8(7)6-9/h1-4,9,21H,5-6H2. The molecule has 1 N–H and O–H groups in total. The van der Waals surface area contributed by atoms with Gasteiger partial charge in [0.25, 0.3) is 0 Å². The van der Waals surface area contributed by atoms with E-state index in [1.807, 2.05) is 24.3 Å². The van der Waals surface area contributed by atoms with Gasteiger partial charge in [-0.15, -0.1) is 0 Å². The minimum Gasteiger partial charge on any atom is -0.377 e. The molecule has 0 bridgehead atoms. The maximum absolute atomic E-state index is 13.6. The van der Waals surface area contributed by atoms with E-state index in [2.05, 4.69) is 5.32 Å². The summed E-state index contributed by atoms with van der Waals surface area (Å²) in [6, 6.07) is 7.00. The summed E-state index contributed by atoms with van der Waals surface area (Å²) in [6.07, 6.45) is 0.936. The van der Waals surface area contributed by atoms with Crippen LogP contribution in [0.4, 0.5) is 27.6 Å². The Labute approximate surface area is 117 Å². The van der Waals surface area contributed by atoms with Crippen molar-refractivity contribution in [1.29, 1.82) is 0 Å². The molecule has 0 saturated carbocycles. The predicted molar refractivity (Wildman–Crippen MR) is 67.5 cm³/mol. The Hall–Kier alpha value is -2.11. The Morgan fingerprint density at radius 1 is 0.714 bits per heavy atom. The molecule has 1 nitrogen and oxygen atoms in total. The molecule has 3 rings (SSSR count). The molecule has 2 aromatic rings. The van der Waals surface area contributed by atoms with Gasteiger partial charge in [-0.3, -0.25) is 0 Å².